The number of benzene rings is 3. The van der Waals surface area contributed by atoms with E-state index in [4.69, 9.17) is 14.5 Å². The van der Waals surface area contributed by atoms with Crippen molar-refractivity contribution < 1.29 is 9.47 Å². The molecule has 0 fully saturated rings. The summed E-state index contributed by atoms with van der Waals surface area (Å²) in [6.45, 7) is 1.40. The first-order valence-corrected chi connectivity index (χ1v) is 10.3. The first kappa shape index (κ1) is 20.5. The Morgan fingerprint density at radius 3 is 2.32 bits per heavy atom. The van der Waals surface area contributed by atoms with E-state index in [-0.39, 0.29) is 0 Å². The van der Waals surface area contributed by atoms with Crippen LogP contribution in [-0.2, 0) is 13.0 Å². The Labute approximate surface area is 182 Å². The van der Waals surface area contributed by atoms with Gasteiger partial charge in [0.25, 0.3) is 0 Å². The number of ether oxygens (including phenoxy) is 2. The fourth-order valence-corrected chi connectivity index (χ4v) is 3.43. The first-order valence-electron chi connectivity index (χ1n) is 10.3. The second kappa shape index (κ2) is 9.80. The lowest BCUT2D eigenvalue weighted by Crippen LogP contribution is -2.10. The summed E-state index contributed by atoms with van der Waals surface area (Å²) in [7, 11) is 3.28. The van der Waals surface area contributed by atoms with Gasteiger partial charge in [0.15, 0.2) is 11.5 Å². The second-order valence-electron chi connectivity index (χ2n) is 7.12. The van der Waals surface area contributed by atoms with E-state index in [1.165, 1.54) is 5.56 Å². The summed E-state index contributed by atoms with van der Waals surface area (Å²) in [5.41, 5.74) is 3.25. The summed E-state index contributed by atoms with van der Waals surface area (Å²) >= 11 is 0. The zero-order valence-electron chi connectivity index (χ0n) is 17.8. The van der Waals surface area contributed by atoms with Crippen molar-refractivity contribution in [1.82, 2.24) is 9.97 Å². The average molecular weight is 415 g/mol. The third kappa shape index (κ3) is 5.04. The SMILES string of the molecule is COc1ccc(CCNc2nc(NCc3ccccc3)c3ccccc3n2)cc1OC. The Kier molecular flexibility index (Phi) is 6.47. The third-order valence-corrected chi connectivity index (χ3v) is 5.05. The van der Waals surface area contributed by atoms with Crippen molar-refractivity contribution in [3.05, 3.63) is 83.9 Å². The zero-order chi connectivity index (χ0) is 21.5. The molecule has 0 aliphatic rings. The first-order chi connectivity index (χ1) is 15.3. The highest BCUT2D eigenvalue weighted by molar-refractivity contribution is 5.90. The van der Waals surface area contributed by atoms with E-state index in [1.54, 1.807) is 14.2 Å². The fraction of sp³-hybridized carbons (Fsp3) is 0.200. The van der Waals surface area contributed by atoms with Crippen molar-refractivity contribution >= 4 is 22.7 Å². The number of anilines is 2. The van der Waals surface area contributed by atoms with Crippen LogP contribution >= 0.6 is 0 Å². The average Bonchev–Trinajstić information content (AvgIpc) is 2.83. The normalized spacial score (nSPS) is 10.6. The molecule has 31 heavy (non-hydrogen) atoms. The summed E-state index contributed by atoms with van der Waals surface area (Å²) in [6.07, 6.45) is 0.809. The largest absolute Gasteiger partial charge is 0.493 e. The molecular weight excluding hydrogens is 388 g/mol. The molecule has 0 unspecified atom stereocenters. The van der Waals surface area contributed by atoms with Crippen molar-refractivity contribution in [1.29, 1.82) is 0 Å². The van der Waals surface area contributed by atoms with Crippen LogP contribution in [0.4, 0.5) is 11.8 Å². The van der Waals surface area contributed by atoms with E-state index in [0.717, 1.165) is 40.2 Å². The molecule has 0 saturated heterocycles. The van der Waals surface area contributed by atoms with Gasteiger partial charge in [-0.15, -0.1) is 0 Å². The van der Waals surface area contributed by atoms with Crippen LogP contribution in [0.2, 0.25) is 0 Å². The van der Waals surface area contributed by atoms with Gasteiger partial charge in [0.1, 0.15) is 5.82 Å². The molecule has 4 rings (SSSR count). The van der Waals surface area contributed by atoms with Crippen LogP contribution in [-0.4, -0.2) is 30.7 Å². The van der Waals surface area contributed by atoms with Crippen LogP contribution in [0.15, 0.2) is 72.8 Å². The molecule has 0 saturated carbocycles. The Hall–Kier alpha value is -3.80. The molecule has 0 atom stereocenters. The molecule has 3 aromatic carbocycles. The topological polar surface area (TPSA) is 68.3 Å². The number of nitrogens with zero attached hydrogens (tertiary/aromatic N) is 2. The fourth-order valence-electron chi connectivity index (χ4n) is 3.43. The molecule has 1 heterocycles. The number of methoxy groups -OCH3 is 2. The van der Waals surface area contributed by atoms with Crippen LogP contribution < -0.4 is 20.1 Å². The Balaban J connectivity index is 1.47. The van der Waals surface area contributed by atoms with E-state index >= 15 is 0 Å². The van der Waals surface area contributed by atoms with E-state index < -0.39 is 0 Å². The number of nitrogens with one attached hydrogen (secondary N) is 2. The maximum absolute atomic E-state index is 5.39. The second-order valence-corrected chi connectivity index (χ2v) is 7.12. The van der Waals surface area contributed by atoms with Crippen molar-refractivity contribution in [2.24, 2.45) is 0 Å². The number of fused-ring (bicyclic) bond motifs is 1. The van der Waals surface area contributed by atoms with Gasteiger partial charge in [0.2, 0.25) is 5.95 Å². The number of aromatic nitrogens is 2. The van der Waals surface area contributed by atoms with Gasteiger partial charge in [-0.25, -0.2) is 4.98 Å². The van der Waals surface area contributed by atoms with Crippen LogP contribution in [0.3, 0.4) is 0 Å². The van der Waals surface area contributed by atoms with Gasteiger partial charge in [-0.3, -0.25) is 0 Å². The lowest BCUT2D eigenvalue weighted by atomic mass is 10.1. The Bertz CT molecular complexity index is 1150. The molecule has 0 radical (unpaired) electrons. The summed E-state index contributed by atoms with van der Waals surface area (Å²) < 4.78 is 10.7. The molecule has 0 aliphatic carbocycles. The minimum absolute atomic E-state index is 0.606. The van der Waals surface area contributed by atoms with Crippen LogP contribution in [0.25, 0.3) is 10.9 Å². The maximum atomic E-state index is 5.39. The lowest BCUT2D eigenvalue weighted by Gasteiger charge is -2.13. The summed E-state index contributed by atoms with van der Waals surface area (Å²) in [5.74, 6) is 2.89. The van der Waals surface area contributed by atoms with Crippen molar-refractivity contribution in [3.63, 3.8) is 0 Å². The van der Waals surface area contributed by atoms with Crippen molar-refractivity contribution in [2.75, 3.05) is 31.4 Å². The van der Waals surface area contributed by atoms with Crippen LogP contribution in [0, 0.1) is 0 Å². The van der Waals surface area contributed by atoms with Gasteiger partial charge in [-0.2, -0.15) is 4.98 Å². The van der Waals surface area contributed by atoms with Gasteiger partial charge < -0.3 is 20.1 Å². The number of para-hydroxylation sites is 1. The molecular formula is C25H26N4O2. The summed E-state index contributed by atoms with van der Waals surface area (Å²) in [4.78, 5) is 9.41. The van der Waals surface area contributed by atoms with Crippen molar-refractivity contribution in [3.8, 4) is 11.5 Å². The third-order valence-electron chi connectivity index (χ3n) is 5.05. The van der Waals surface area contributed by atoms with Crippen LogP contribution in [0.1, 0.15) is 11.1 Å². The van der Waals surface area contributed by atoms with E-state index in [1.807, 2.05) is 60.7 Å². The molecule has 1 aromatic heterocycles. The molecule has 6 nitrogen and oxygen atoms in total. The van der Waals surface area contributed by atoms with Crippen molar-refractivity contribution in [2.45, 2.75) is 13.0 Å². The van der Waals surface area contributed by atoms with Crippen LogP contribution in [0.5, 0.6) is 11.5 Å². The Morgan fingerprint density at radius 2 is 1.52 bits per heavy atom. The van der Waals surface area contributed by atoms with Gasteiger partial charge in [0, 0.05) is 18.5 Å². The number of hydrogen-bond donors (Lipinski definition) is 2. The minimum atomic E-state index is 0.606. The monoisotopic (exact) mass is 414 g/mol. The molecule has 158 valence electrons. The summed E-state index contributed by atoms with van der Waals surface area (Å²) in [6, 6.07) is 24.3. The highest BCUT2D eigenvalue weighted by atomic mass is 16.5. The standard InChI is InChI=1S/C25H26N4O2/c1-30-22-13-12-18(16-23(22)31-2)14-15-26-25-28-21-11-7-6-10-20(21)24(29-25)27-17-19-8-4-3-5-9-19/h3-13,16H,14-15,17H2,1-2H3,(H2,26,27,28,29). The van der Waals surface area contributed by atoms with Gasteiger partial charge in [0.05, 0.1) is 19.7 Å². The Morgan fingerprint density at radius 1 is 0.742 bits per heavy atom. The lowest BCUT2D eigenvalue weighted by molar-refractivity contribution is 0.354. The molecule has 0 spiro atoms. The predicted molar refractivity (Wildman–Crippen MR) is 125 cm³/mol. The molecule has 2 N–H and O–H groups in total. The highest BCUT2D eigenvalue weighted by Gasteiger charge is 2.08. The maximum Gasteiger partial charge on any atom is 0.225 e. The molecule has 0 aliphatic heterocycles. The van der Waals surface area contributed by atoms with E-state index in [2.05, 4.69) is 27.8 Å². The van der Waals surface area contributed by atoms with Gasteiger partial charge in [-0.1, -0.05) is 48.5 Å². The van der Waals surface area contributed by atoms with Gasteiger partial charge >= 0.3 is 0 Å². The highest BCUT2D eigenvalue weighted by Crippen LogP contribution is 2.28. The predicted octanol–water partition coefficient (Wildman–Crippen LogP) is 4.91. The quantitative estimate of drug-likeness (QED) is 0.405. The smallest absolute Gasteiger partial charge is 0.225 e. The minimum Gasteiger partial charge on any atom is -0.493 e. The van der Waals surface area contributed by atoms with E-state index in [0.29, 0.717) is 19.0 Å². The molecule has 0 bridgehead atoms. The zero-order valence-corrected chi connectivity index (χ0v) is 17.8. The van der Waals surface area contributed by atoms with Gasteiger partial charge in [-0.05, 0) is 41.8 Å². The molecule has 4 aromatic rings. The van der Waals surface area contributed by atoms with E-state index in [9.17, 15) is 0 Å². The number of hydrogen-bond acceptors (Lipinski definition) is 6. The molecule has 6 heteroatoms. The molecule has 0 amide bonds. The summed E-state index contributed by atoms with van der Waals surface area (Å²) in [5, 5.41) is 7.82. The number of rotatable bonds is 9.